The molecule has 1 aliphatic rings. The maximum Gasteiger partial charge on any atom is 0.328 e. The summed E-state index contributed by atoms with van der Waals surface area (Å²) in [6.07, 6.45) is 5.86. The van der Waals surface area contributed by atoms with Crippen molar-refractivity contribution in [3.05, 3.63) is 22.9 Å². The molecule has 1 aromatic heterocycles. The molecule has 5 nitrogen and oxygen atoms in total. The van der Waals surface area contributed by atoms with Crippen LogP contribution in [0.3, 0.4) is 0 Å². The van der Waals surface area contributed by atoms with E-state index in [-0.39, 0.29) is 5.69 Å². The zero-order valence-corrected chi connectivity index (χ0v) is 12.0. The van der Waals surface area contributed by atoms with Gasteiger partial charge in [-0.25, -0.2) is 4.79 Å². The van der Waals surface area contributed by atoms with Crippen molar-refractivity contribution in [2.45, 2.75) is 45.8 Å². The largest absolute Gasteiger partial charge is 0.381 e. The van der Waals surface area contributed by atoms with Crippen molar-refractivity contribution in [1.29, 1.82) is 0 Å². The molecule has 19 heavy (non-hydrogen) atoms. The lowest BCUT2D eigenvalue weighted by Crippen LogP contribution is -2.42. The van der Waals surface area contributed by atoms with Gasteiger partial charge in [0.2, 0.25) is 0 Å². The Morgan fingerprint density at radius 3 is 2.84 bits per heavy atom. The van der Waals surface area contributed by atoms with E-state index in [0.29, 0.717) is 12.0 Å². The van der Waals surface area contributed by atoms with E-state index in [1.54, 1.807) is 4.57 Å². The third-order valence-electron chi connectivity index (χ3n) is 3.78. The first-order valence-electron chi connectivity index (χ1n) is 7.33. The summed E-state index contributed by atoms with van der Waals surface area (Å²) in [6, 6.07) is 0.322. The van der Waals surface area contributed by atoms with E-state index in [1.807, 2.05) is 17.0 Å². The van der Waals surface area contributed by atoms with Gasteiger partial charge in [-0.1, -0.05) is 13.8 Å². The van der Waals surface area contributed by atoms with E-state index in [1.165, 1.54) is 0 Å². The summed E-state index contributed by atoms with van der Waals surface area (Å²) < 4.78 is 9.07. The van der Waals surface area contributed by atoms with Crippen molar-refractivity contribution >= 4 is 0 Å². The molecule has 0 aliphatic carbocycles. The van der Waals surface area contributed by atoms with Gasteiger partial charge in [0.05, 0.1) is 6.61 Å². The maximum atomic E-state index is 12.2. The molecule has 2 rings (SSSR count). The van der Waals surface area contributed by atoms with E-state index in [2.05, 4.69) is 19.2 Å². The highest BCUT2D eigenvalue weighted by Crippen LogP contribution is 2.17. The third-order valence-corrected chi connectivity index (χ3v) is 3.78. The number of hydrogen-bond acceptors (Lipinski definition) is 3. The maximum absolute atomic E-state index is 12.2. The Bertz CT molecular complexity index is 432. The van der Waals surface area contributed by atoms with Crippen LogP contribution in [0.15, 0.2) is 17.2 Å². The van der Waals surface area contributed by atoms with E-state index in [9.17, 15) is 4.79 Å². The number of nitrogens with one attached hydrogen (secondary N) is 1. The minimum Gasteiger partial charge on any atom is -0.381 e. The van der Waals surface area contributed by atoms with E-state index in [4.69, 9.17) is 4.74 Å². The molecule has 5 heteroatoms. The molecule has 0 amide bonds. The number of ether oxygens (including phenoxy) is 1. The molecule has 0 bridgehead atoms. The van der Waals surface area contributed by atoms with E-state index >= 15 is 0 Å². The van der Waals surface area contributed by atoms with E-state index < -0.39 is 0 Å². The van der Waals surface area contributed by atoms with Gasteiger partial charge in [-0.3, -0.25) is 9.13 Å². The summed E-state index contributed by atoms with van der Waals surface area (Å²) in [5.74, 6) is 0.515. The molecule has 2 unspecified atom stereocenters. The molecule has 0 spiro atoms. The summed E-state index contributed by atoms with van der Waals surface area (Å²) in [7, 11) is 0. The average molecular weight is 267 g/mol. The van der Waals surface area contributed by atoms with Crippen molar-refractivity contribution in [2.24, 2.45) is 5.92 Å². The molecule has 1 fully saturated rings. The fourth-order valence-corrected chi connectivity index (χ4v) is 2.73. The van der Waals surface area contributed by atoms with Crippen LogP contribution in [0.4, 0.5) is 0 Å². The summed E-state index contributed by atoms with van der Waals surface area (Å²) in [5.41, 5.74) is 0.101. The van der Waals surface area contributed by atoms with Crippen LogP contribution in [0.1, 0.15) is 26.7 Å². The van der Waals surface area contributed by atoms with Crippen molar-refractivity contribution in [1.82, 2.24) is 14.5 Å². The first-order valence-corrected chi connectivity index (χ1v) is 7.33. The Balaban J connectivity index is 2.05. The minimum atomic E-state index is 0.101. The second-order valence-corrected chi connectivity index (χ2v) is 5.21. The van der Waals surface area contributed by atoms with Gasteiger partial charge in [-0.05, 0) is 19.4 Å². The van der Waals surface area contributed by atoms with Crippen molar-refractivity contribution < 1.29 is 4.74 Å². The van der Waals surface area contributed by atoms with Crippen LogP contribution in [-0.2, 0) is 17.8 Å². The predicted octanol–water partition coefficient (Wildman–Crippen LogP) is 1.07. The molecule has 2 atom stereocenters. The normalized spacial score (nSPS) is 20.8. The summed E-state index contributed by atoms with van der Waals surface area (Å²) in [5, 5.41) is 3.49. The molecule has 1 saturated heterocycles. The third kappa shape index (κ3) is 3.48. The van der Waals surface area contributed by atoms with E-state index in [0.717, 1.165) is 45.7 Å². The fraction of sp³-hybridized carbons (Fsp3) is 0.786. The summed E-state index contributed by atoms with van der Waals surface area (Å²) >= 11 is 0. The van der Waals surface area contributed by atoms with Crippen molar-refractivity contribution in [2.75, 3.05) is 19.8 Å². The lowest BCUT2D eigenvalue weighted by Gasteiger charge is -2.23. The Kier molecular flexibility index (Phi) is 5.22. The first-order chi connectivity index (χ1) is 9.26. The van der Waals surface area contributed by atoms with Gasteiger partial charge in [-0.15, -0.1) is 0 Å². The van der Waals surface area contributed by atoms with Gasteiger partial charge in [0.1, 0.15) is 0 Å². The lowest BCUT2D eigenvalue weighted by atomic mass is 9.99. The van der Waals surface area contributed by atoms with Crippen molar-refractivity contribution in [3.63, 3.8) is 0 Å². The first kappa shape index (κ1) is 14.3. The lowest BCUT2D eigenvalue weighted by molar-refractivity contribution is 0.173. The fourth-order valence-electron chi connectivity index (χ4n) is 2.73. The van der Waals surface area contributed by atoms with Gasteiger partial charge in [0.25, 0.3) is 0 Å². The van der Waals surface area contributed by atoms with Crippen LogP contribution >= 0.6 is 0 Å². The number of rotatable bonds is 7. The Morgan fingerprint density at radius 2 is 2.21 bits per heavy atom. The number of aromatic nitrogens is 2. The highest BCUT2D eigenvalue weighted by Gasteiger charge is 2.25. The summed E-state index contributed by atoms with van der Waals surface area (Å²) in [4.78, 5) is 12.2. The molecule has 0 saturated carbocycles. The van der Waals surface area contributed by atoms with Gasteiger partial charge >= 0.3 is 5.69 Å². The Morgan fingerprint density at radius 1 is 1.42 bits per heavy atom. The highest BCUT2D eigenvalue weighted by molar-refractivity contribution is 4.86. The number of likely N-dealkylation sites (N-methyl/N-ethyl adjacent to an activating group) is 1. The minimum absolute atomic E-state index is 0.101. The number of hydrogen-bond donors (Lipinski definition) is 1. The topological polar surface area (TPSA) is 48.2 Å². The standard InChI is InChI=1S/C14H25N3O2/c1-3-6-16-7-8-17(14(16)18)10-13(15-4-2)12-5-9-19-11-12/h7-8,12-13,15H,3-6,9-11H2,1-2H3. The van der Waals surface area contributed by atoms with Gasteiger partial charge in [0.15, 0.2) is 0 Å². The molecular weight excluding hydrogens is 242 g/mol. The average Bonchev–Trinajstić information content (AvgIpc) is 3.03. The van der Waals surface area contributed by atoms with Crippen LogP contribution in [0.25, 0.3) is 0 Å². The summed E-state index contributed by atoms with van der Waals surface area (Å²) in [6.45, 7) is 8.29. The zero-order valence-electron chi connectivity index (χ0n) is 12.0. The SMILES string of the molecule is CCCn1ccn(CC(NCC)C2CCOC2)c1=O. The molecule has 1 aliphatic heterocycles. The highest BCUT2D eigenvalue weighted by atomic mass is 16.5. The molecule has 108 valence electrons. The second kappa shape index (κ2) is 6.91. The molecule has 0 radical (unpaired) electrons. The monoisotopic (exact) mass is 267 g/mol. The Labute approximate surface area is 114 Å². The number of aryl methyl sites for hydroxylation is 1. The molecule has 1 aromatic rings. The predicted molar refractivity (Wildman–Crippen MR) is 75.4 cm³/mol. The van der Waals surface area contributed by atoms with Crippen molar-refractivity contribution in [3.8, 4) is 0 Å². The van der Waals surface area contributed by atoms with Crippen LogP contribution in [0.5, 0.6) is 0 Å². The molecule has 2 heterocycles. The number of imidazole rings is 1. The van der Waals surface area contributed by atoms with Gasteiger partial charge in [0, 0.05) is 44.0 Å². The van der Waals surface area contributed by atoms with Crippen LogP contribution in [-0.4, -0.2) is 34.9 Å². The quantitative estimate of drug-likeness (QED) is 0.804. The van der Waals surface area contributed by atoms with Gasteiger partial charge in [-0.2, -0.15) is 0 Å². The number of nitrogens with zero attached hydrogens (tertiary/aromatic N) is 2. The van der Waals surface area contributed by atoms with Crippen LogP contribution < -0.4 is 11.0 Å². The Hall–Kier alpha value is -1.07. The second-order valence-electron chi connectivity index (χ2n) is 5.21. The smallest absolute Gasteiger partial charge is 0.328 e. The van der Waals surface area contributed by atoms with Crippen LogP contribution in [0, 0.1) is 5.92 Å². The molecule has 0 aromatic carbocycles. The molecular formula is C14H25N3O2. The zero-order chi connectivity index (χ0) is 13.7. The molecule has 1 N–H and O–H groups in total. The van der Waals surface area contributed by atoms with Crippen LogP contribution in [0.2, 0.25) is 0 Å². The van der Waals surface area contributed by atoms with Gasteiger partial charge < -0.3 is 10.1 Å².